The quantitative estimate of drug-likeness (QED) is 0.451. The highest BCUT2D eigenvalue weighted by molar-refractivity contribution is 7.99. The molecule has 0 spiro atoms. The summed E-state index contributed by atoms with van der Waals surface area (Å²) < 4.78 is 39.4. The molecule has 1 N–H and O–H groups in total. The molecule has 3 rings (SSSR count). The molecule has 9 heteroatoms. The number of nitrogens with zero attached hydrogens (tertiary/aromatic N) is 2. The van der Waals surface area contributed by atoms with Gasteiger partial charge in [-0.15, -0.1) is 11.3 Å². The molecule has 0 atom stereocenters. The summed E-state index contributed by atoms with van der Waals surface area (Å²) in [5.74, 6) is -0.374. The molecule has 146 valence electrons. The van der Waals surface area contributed by atoms with E-state index in [0.29, 0.717) is 11.4 Å². The molecule has 0 aliphatic carbocycles. The number of amides is 1. The van der Waals surface area contributed by atoms with Crippen LogP contribution in [-0.2, 0) is 17.5 Å². The summed E-state index contributed by atoms with van der Waals surface area (Å²) in [6.45, 7) is 2.32. The van der Waals surface area contributed by atoms with Crippen molar-refractivity contribution in [3.8, 4) is 10.6 Å². The number of halogens is 3. The van der Waals surface area contributed by atoms with Gasteiger partial charge >= 0.3 is 6.18 Å². The van der Waals surface area contributed by atoms with E-state index >= 15 is 0 Å². The fourth-order valence-corrected chi connectivity index (χ4v) is 3.65. The minimum Gasteiger partial charge on any atom is -0.351 e. The first-order chi connectivity index (χ1) is 13.3. The van der Waals surface area contributed by atoms with E-state index in [9.17, 15) is 18.0 Å². The van der Waals surface area contributed by atoms with Gasteiger partial charge in [0.25, 0.3) is 0 Å². The molecule has 0 unspecified atom stereocenters. The average molecular weight is 423 g/mol. The van der Waals surface area contributed by atoms with E-state index in [1.165, 1.54) is 11.3 Å². The van der Waals surface area contributed by atoms with Crippen LogP contribution in [-0.4, -0.2) is 21.6 Å². The van der Waals surface area contributed by atoms with Crippen molar-refractivity contribution in [1.82, 2.24) is 15.3 Å². The highest BCUT2D eigenvalue weighted by Crippen LogP contribution is 2.33. The summed E-state index contributed by atoms with van der Waals surface area (Å²) in [4.78, 5) is 20.4. The molecule has 0 radical (unpaired) electrons. The van der Waals surface area contributed by atoms with Crippen molar-refractivity contribution in [1.29, 1.82) is 0 Å². The number of hydrogen-bond acceptors (Lipinski definition) is 5. The third kappa shape index (κ3) is 5.56. The molecule has 2 heterocycles. The van der Waals surface area contributed by atoms with Gasteiger partial charge in [-0.05, 0) is 30.0 Å². The van der Waals surface area contributed by atoms with Crippen LogP contribution < -0.4 is 5.32 Å². The van der Waals surface area contributed by atoms with Gasteiger partial charge in [0.1, 0.15) is 5.69 Å². The lowest BCUT2D eigenvalue weighted by molar-refractivity contribution is -0.141. The fraction of sp³-hybridized carbons (Fsp3) is 0.211. The molecule has 0 saturated heterocycles. The smallest absolute Gasteiger partial charge is 0.351 e. The lowest BCUT2D eigenvalue weighted by Gasteiger charge is -2.10. The maximum Gasteiger partial charge on any atom is 0.433 e. The summed E-state index contributed by atoms with van der Waals surface area (Å²) in [7, 11) is 0. The largest absolute Gasteiger partial charge is 0.433 e. The van der Waals surface area contributed by atoms with Gasteiger partial charge in [0.15, 0.2) is 5.16 Å². The van der Waals surface area contributed by atoms with E-state index in [2.05, 4.69) is 15.3 Å². The lowest BCUT2D eigenvalue weighted by atomic mass is 10.1. The summed E-state index contributed by atoms with van der Waals surface area (Å²) in [6, 6.07) is 12.1. The standard InChI is InChI=1S/C19H16F3N3OS2/c1-12-4-6-13(7-5-12)10-23-17(26)11-28-18-24-14(15-3-2-8-27-15)9-16(25-18)19(20,21)22/h2-9H,10-11H2,1H3,(H,23,26). The number of thioether (sulfide) groups is 1. The maximum atomic E-state index is 13.1. The monoisotopic (exact) mass is 423 g/mol. The molecule has 1 aromatic carbocycles. The first-order valence-corrected chi connectivity index (χ1v) is 10.1. The first kappa shape index (κ1) is 20.3. The topological polar surface area (TPSA) is 54.9 Å². The van der Waals surface area contributed by atoms with E-state index in [-0.39, 0.29) is 22.5 Å². The Morgan fingerprint density at radius 2 is 1.93 bits per heavy atom. The average Bonchev–Trinajstić information content (AvgIpc) is 3.20. The third-order valence-corrected chi connectivity index (χ3v) is 5.45. The maximum absolute atomic E-state index is 13.1. The Kier molecular flexibility index (Phi) is 6.35. The number of thiophene rings is 1. The zero-order valence-electron chi connectivity index (χ0n) is 14.8. The van der Waals surface area contributed by atoms with Crippen molar-refractivity contribution in [3.05, 3.63) is 64.7 Å². The fourth-order valence-electron chi connectivity index (χ4n) is 2.27. The van der Waals surface area contributed by atoms with Gasteiger partial charge in [0.2, 0.25) is 5.91 Å². The predicted molar refractivity (Wildman–Crippen MR) is 104 cm³/mol. The van der Waals surface area contributed by atoms with Crippen LogP contribution >= 0.6 is 23.1 Å². The first-order valence-electron chi connectivity index (χ1n) is 8.26. The van der Waals surface area contributed by atoms with Crippen LogP contribution in [0.2, 0.25) is 0 Å². The summed E-state index contributed by atoms with van der Waals surface area (Å²) in [6.07, 6.45) is -4.59. The van der Waals surface area contributed by atoms with Crippen LogP contribution in [0.15, 0.2) is 53.0 Å². The minimum absolute atomic E-state index is 0.0724. The van der Waals surface area contributed by atoms with Crippen LogP contribution in [0, 0.1) is 6.92 Å². The van der Waals surface area contributed by atoms with Crippen molar-refractivity contribution in [2.75, 3.05) is 5.75 Å². The second-order valence-corrected chi connectivity index (χ2v) is 7.84. The zero-order valence-corrected chi connectivity index (χ0v) is 16.4. The molecular formula is C19H16F3N3OS2. The molecule has 0 saturated carbocycles. The second-order valence-electron chi connectivity index (χ2n) is 5.95. The summed E-state index contributed by atoms with van der Waals surface area (Å²) in [5, 5.41) is 4.42. The molecule has 0 bridgehead atoms. The van der Waals surface area contributed by atoms with Gasteiger partial charge in [0, 0.05) is 6.54 Å². The van der Waals surface area contributed by atoms with Crippen molar-refractivity contribution in [2.24, 2.45) is 0 Å². The number of hydrogen-bond donors (Lipinski definition) is 1. The molecular weight excluding hydrogens is 407 g/mol. The Labute approximate surface area is 168 Å². The number of carbonyl (C=O) groups is 1. The van der Waals surface area contributed by atoms with Crippen molar-refractivity contribution in [3.63, 3.8) is 0 Å². The number of aryl methyl sites for hydroxylation is 1. The van der Waals surface area contributed by atoms with Crippen LogP contribution in [0.4, 0.5) is 13.2 Å². The number of benzene rings is 1. The van der Waals surface area contributed by atoms with E-state index < -0.39 is 11.9 Å². The van der Waals surface area contributed by atoms with Gasteiger partial charge in [-0.25, -0.2) is 9.97 Å². The van der Waals surface area contributed by atoms with Gasteiger partial charge in [-0.2, -0.15) is 13.2 Å². The minimum atomic E-state index is -4.59. The number of carbonyl (C=O) groups excluding carboxylic acids is 1. The molecule has 2 aromatic heterocycles. The molecule has 28 heavy (non-hydrogen) atoms. The zero-order chi connectivity index (χ0) is 20.1. The van der Waals surface area contributed by atoms with Crippen molar-refractivity contribution in [2.45, 2.75) is 24.8 Å². The number of aromatic nitrogens is 2. The predicted octanol–water partition coefficient (Wildman–Crippen LogP) is 4.94. The van der Waals surface area contributed by atoms with Crippen LogP contribution in [0.1, 0.15) is 16.8 Å². The number of nitrogens with one attached hydrogen (secondary N) is 1. The SMILES string of the molecule is Cc1ccc(CNC(=O)CSc2nc(-c3cccs3)cc(C(F)(F)F)n2)cc1. The van der Waals surface area contributed by atoms with E-state index in [0.717, 1.165) is 29.0 Å². The lowest BCUT2D eigenvalue weighted by Crippen LogP contribution is -2.24. The van der Waals surface area contributed by atoms with Crippen molar-refractivity contribution < 1.29 is 18.0 Å². The molecule has 3 aromatic rings. The molecule has 0 aliphatic heterocycles. The summed E-state index contributed by atoms with van der Waals surface area (Å²) >= 11 is 2.17. The van der Waals surface area contributed by atoms with E-state index in [1.54, 1.807) is 17.5 Å². The Morgan fingerprint density at radius 3 is 2.57 bits per heavy atom. The third-order valence-electron chi connectivity index (χ3n) is 3.71. The van der Waals surface area contributed by atoms with Crippen LogP contribution in [0.3, 0.4) is 0 Å². The van der Waals surface area contributed by atoms with E-state index in [1.807, 2.05) is 31.2 Å². The van der Waals surface area contributed by atoms with Gasteiger partial charge < -0.3 is 5.32 Å². The van der Waals surface area contributed by atoms with Crippen molar-refractivity contribution >= 4 is 29.0 Å². The van der Waals surface area contributed by atoms with Gasteiger partial charge in [-0.3, -0.25) is 4.79 Å². The van der Waals surface area contributed by atoms with Gasteiger partial charge in [0.05, 0.1) is 16.3 Å². The summed E-state index contributed by atoms with van der Waals surface area (Å²) in [5.41, 5.74) is 1.24. The highest BCUT2D eigenvalue weighted by atomic mass is 32.2. The molecule has 0 aliphatic rings. The Balaban J connectivity index is 1.66. The Hall–Kier alpha value is -2.39. The number of rotatable bonds is 6. The highest BCUT2D eigenvalue weighted by Gasteiger charge is 2.34. The number of alkyl halides is 3. The van der Waals surface area contributed by atoms with Crippen LogP contribution in [0.5, 0.6) is 0 Å². The van der Waals surface area contributed by atoms with Gasteiger partial charge in [-0.1, -0.05) is 47.7 Å². The van der Waals surface area contributed by atoms with E-state index in [4.69, 9.17) is 0 Å². The Bertz CT molecular complexity index is 942. The molecule has 0 fully saturated rings. The molecule has 1 amide bonds. The van der Waals surface area contributed by atoms with Crippen LogP contribution in [0.25, 0.3) is 10.6 Å². The second kappa shape index (κ2) is 8.74. The molecule has 4 nitrogen and oxygen atoms in total. The normalized spacial score (nSPS) is 11.4. The Morgan fingerprint density at radius 1 is 1.18 bits per heavy atom.